The molecule has 2 aliphatic heterocycles. The van der Waals surface area contributed by atoms with E-state index in [4.69, 9.17) is 9.47 Å². The molecule has 2 amide bonds. The van der Waals surface area contributed by atoms with E-state index in [1.165, 1.54) is 12.1 Å². The van der Waals surface area contributed by atoms with Gasteiger partial charge in [-0.05, 0) is 36.8 Å². The Balaban J connectivity index is 1.56. The summed E-state index contributed by atoms with van der Waals surface area (Å²) in [6.45, 7) is 1.49. The molecule has 0 aliphatic carbocycles. The number of anilines is 1. The topological polar surface area (TPSA) is 106 Å². The van der Waals surface area contributed by atoms with Gasteiger partial charge in [0.05, 0.1) is 28.8 Å². The highest BCUT2D eigenvalue weighted by atomic mass is 32.2. The molecule has 1 fully saturated rings. The molecule has 2 aromatic carbocycles. The molecule has 0 radical (unpaired) electrons. The molecular formula is C25H19F3N2O6S2. The number of halogens is 3. The number of ether oxygens (including phenoxy) is 2. The maximum absolute atomic E-state index is 13.8. The highest BCUT2D eigenvalue weighted by Crippen LogP contribution is 2.54. The Morgan fingerprint density at radius 3 is 2.58 bits per heavy atom. The predicted octanol–water partition coefficient (Wildman–Crippen LogP) is 4.19. The third-order valence-corrected chi connectivity index (χ3v) is 8.55. The maximum Gasteiger partial charge on any atom is 0.418 e. The number of aromatic nitrogens is 1. The van der Waals surface area contributed by atoms with Crippen LogP contribution in [-0.2, 0) is 25.3 Å². The van der Waals surface area contributed by atoms with Gasteiger partial charge in [-0.15, -0.1) is 0 Å². The largest absolute Gasteiger partial charge is 0.482 e. The third-order valence-electron chi connectivity index (χ3n) is 6.15. The number of fused-ring (bicyclic) bond motifs is 2. The van der Waals surface area contributed by atoms with Crippen LogP contribution in [0.15, 0.2) is 58.4 Å². The van der Waals surface area contributed by atoms with Crippen LogP contribution in [0.1, 0.15) is 28.8 Å². The van der Waals surface area contributed by atoms with E-state index in [1.807, 2.05) is 0 Å². The van der Waals surface area contributed by atoms with Gasteiger partial charge in [0.2, 0.25) is 11.8 Å². The number of para-hydroxylation sites is 1. The highest BCUT2D eigenvalue weighted by Gasteiger charge is 2.57. The van der Waals surface area contributed by atoms with Gasteiger partial charge in [0, 0.05) is 10.8 Å². The first-order chi connectivity index (χ1) is 18.1. The smallest absolute Gasteiger partial charge is 0.418 e. The molecule has 0 unspecified atom stereocenters. The van der Waals surface area contributed by atoms with Crippen LogP contribution in [0.2, 0.25) is 0 Å². The number of nitrogens with zero attached hydrogens (tertiary/aromatic N) is 1. The Kier molecular flexibility index (Phi) is 6.82. The van der Waals surface area contributed by atoms with E-state index in [0.29, 0.717) is 20.4 Å². The van der Waals surface area contributed by atoms with Crippen LogP contribution in [-0.4, -0.2) is 41.2 Å². The van der Waals surface area contributed by atoms with Crippen LogP contribution < -0.4 is 14.5 Å². The summed E-state index contributed by atoms with van der Waals surface area (Å²) in [6, 6.07) is 10.9. The molecular weight excluding hydrogens is 545 g/mol. The summed E-state index contributed by atoms with van der Waals surface area (Å²) in [7, 11) is 0. The van der Waals surface area contributed by atoms with Gasteiger partial charge in [0.25, 0.3) is 0 Å². The molecule has 0 bridgehead atoms. The summed E-state index contributed by atoms with van der Waals surface area (Å²) >= 11 is 1.84. The lowest BCUT2D eigenvalue weighted by Crippen LogP contribution is -2.33. The molecule has 198 valence electrons. The van der Waals surface area contributed by atoms with Crippen molar-refractivity contribution in [1.82, 2.24) is 4.98 Å². The monoisotopic (exact) mass is 564 g/mol. The molecule has 0 spiro atoms. The van der Waals surface area contributed by atoms with Crippen molar-refractivity contribution in [2.45, 2.75) is 29.3 Å². The summed E-state index contributed by atoms with van der Waals surface area (Å²) < 4.78 is 51.7. The Hall–Kier alpha value is -3.58. The van der Waals surface area contributed by atoms with Gasteiger partial charge in [-0.1, -0.05) is 47.4 Å². The third kappa shape index (κ3) is 4.60. The lowest BCUT2D eigenvalue weighted by atomic mass is 9.83. The number of carbonyl (C=O) groups excluding carboxylic acids is 3. The number of benzene rings is 2. The molecule has 5 rings (SSSR count). The fourth-order valence-electron chi connectivity index (χ4n) is 4.66. The standard InChI is InChI=1S/C25H19F3N2O6S2/c1-2-35-16(31)11-36-13-7-5-6-12(10-13)17-18-20(37-21-19(17)38-24(34)29-21)23(33)30(22(18)32)15-9-4-3-8-14(15)25(26,27)28/h3-10,17-18,20H,2,11H2,1H3,(H,29,34)/t17-,18-,20+/m0/s1. The first-order valence-corrected chi connectivity index (χ1v) is 13.1. The second kappa shape index (κ2) is 9.95. The van der Waals surface area contributed by atoms with E-state index < -0.39 is 52.3 Å². The number of alkyl halides is 3. The number of rotatable bonds is 6. The lowest BCUT2D eigenvalue weighted by Gasteiger charge is -2.30. The molecule has 3 atom stereocenters. The van der Waals surface area contributed by atoms with Crippen molar-refractivity contribution in [1.29, 1.82) is 0 Å². The van der Waals surface area contributed by atoms with Crippen molar-refractivity contribution < 1.29 is 37.0 Å². The number of thioether (sulfide) groups is 1. The Labute approximate surface area is 221 Å². The second-order valence-electron chi connectivity index (χ2n) is 8.44. The molecule has 8 nitrogen and oxygen atoms in total. The number of imide groups is 1. The summed E-state index contributed by atoms with van der Waals surface area (Å²) in [4.78, 5) is 54.6. The zero-order valence-corrected chi connectivity index (χ0v) is 21.2. The van der Waals surface area contributed by atoms with Crippen LogP contribution in [0.25, 0.3) is 0 Å². The predicted molar refractivity (Wildman–Crippen MR) is 132 cm³/mol. The van der Waals surface area contributed by atoms with Gasteiger partial charge >= 0.3 is 17.0 Å². The Morgan fingerprint density at radius 2 is 1.84 bits per heavy atom. The van der Waals surface area contributed by atoms with E-state index in [-0.39, 0.29) is 23.8 Å². The molecule has 38 heavy (non-hydrogen) atoms. The zero-order chi connectivity index (χ0) is 27.2. The van der Waals surface area contributed by atoms with Crippen molar-refractivity contribution in [3.63, 3.8) is 0 Å². The fourth-order valence-corrected chi connectivity index (χ4v) is 7.18. The van der Waals surface area contributed by atoms with E-state index in [9.17, 15) is 32.3 Å². The van der Waals surface area contributed by atoms with Gasteiger partial charge in [0.1, 0.15) is 11.0 Å². The van der Waals surface area contributed by atoms with E-state index in [0.717, 1.165) is 35.2 Å². The van der Waals surface area contributed by atoms with Gasteiger partial charge in [-0.2, -0.15) is 13.2 Å². The second-order valence-corrected chi connectivity index (χ2v) is 10.6. The van der Waals surface area contributed by atoms with Crippen molar-refractivity contribution in [3.05, 3.63) is 74.2 Å². The van der Waals surface area contributed by atoms with Crippen LogP contribution in [0.3, 0.4) is 0 Å². The van der Waals surface area contributed by atoms with E-state index in [1.54, 1.807) is 31.2 Å². The summed E-state index contributed by atoms with van der Waals surface area (Å²) in [6.07, 6.45) is -4.79. The van der Waals surface area contributed by atoms with Crippen molar-refractivity contribution in [3.8, 4) is 5.75 Å². The highest BCUT2D eigenvalue weighted by molar-refractivity contribution is 8.00. The number of H-pyrrole nitrogens is 1. The maximum atomic E-state index is 13.8. The first-order valence-electron chi connectivity index (χ1n) is 11.4. The summed E-state index contributed by atoms with van der Waals surface area (Å²) in [5.74, 6) is -3.77. The molecule has 0 saturated carbocycles. The Morgan fingerprint density at radius 1 is 1.08 bits per heavy atom. The fraction of sp³-hybridized carbons (Fsp3) is 0.280. The molecule has 1 aromatic heterocycles. The number of nitrogens with one attached hydrogen (secondary N) is 1. The number of hydrogen-bond donors (Lipinski definition) is 1. The summed E-state index contributed by atoms with van der Waals surface area (Å²) in [5.41, 5.74) is -1.13. The summed E-state index contributed by atoms with van der Waals surface area (Å²) in [5, 5.41) is -0.674. The van der Waals surface area contributed by atoms with Crippen molar-refractivity contribution in [2.75, 3.05) is 18.1 Å². The van der Waals surface area contributed by atoms with E-state index >= 15 is 0 Å². The quantitative estimate of drug-likeness (QED) is 0.354. The van der Waals surface area contributed by atoms with E-state index in [2.05, 4.69) is 4.98 Å². The Bertz CT molecular complexity index is 1480. The first kappa shape index (κ1) is 26.0. The molecule has 3 aromatic rings. The van der Waals surface area contributed by atoms with Gasteiger partial charge in [-0.3, -0.25) is 14.4 Å². The average molecular weight is 565 g/mol. The minimum Gasteiger partial charge on any atom is -0.482 e. The number of carbonyl (C=O) groups is 3. The SMILES string of the molecule is CCOC(=O)COc1cccc([C@@H]2c3sc(=O)[nH]c3S[C@H]3C(=O)N(c4ccccc4C(F)(F)F)C(=O)[C@@H]23)c1. The normalized spacial score (nSPS) is 20.7. The number of hydrogen-bond acceptors (Lipinski definition) is 8. The molecule has 13 heteroatoms. The number of esters is 1. The number of thiazole rings is 1. The molecule has 1 N–H and O–H groups in total. The van der Waals surface area contributed by atoms with Crippen molar-refractivity contribution in [2.24, 2.45) is 5.92 Å². The van der Waals surface area contributed by atoms with Crippen molar-refractivity contribution >= 4 is 46.6 Å². The molecule has 2 aliphatic rings. The van der Waals surface area contributed by atoms with Gasteiger partial charge in [0.15, 0.2) is 6.61 Å². The number of amides is 2. The van der Waals surface area contributed by atoms with Crippen LogP contribution in [0.5, 0.6) is 5.75 Å². The molecule has 3 heterocycles. The number of aromatic amines is 1. The van der Waals surface area contributed by atoms with Crippen LogP contribution in [0.4, 0.5) is 18.9 Å². The lowest BCUT2D eigenvalue weighted by molar-refractivity contribution is -0.145. The molecule has 1 saturated heterocycles. The zero-order valence-electron chi connectivity index (χ0n) is 19.6. The minimum absolute atomic E-state index is 0.185. The van der Waals surface area contributed by atoms with Crippen LogP contribution in [0, 0.1) is 5.92 Å². The van der Waals surface area contributed by atoms with Gasteiger partial charge in [-0.25, -0.2) is 9.69 Å². The average Bonchev–Trinajstić information content (AvgIpc) is 3.36. The minimum atomic E-state index is -4.79. The van der Waals surface area contributed by atoms with Gasteiger partial charge < -0.3 is 14.5 Å². The van der Waals surface area contributed by atoms with Crippen LogP contribution >= 0.6 is 23.1 Å².